The maximum atomic E-state index is 13.5. The Balaban J connectivity index is 1.59. The predicted molar refractivity (Wildman–Crippen MR) is 131 cm³/mol. The van der Waals surface area contributed by atoms with E-state index in [0.717, 1.165) is 19.6 Å². The summed E-state index contributed by atoms with van der Waals surface area (Å²) < 4.78 is 34.1. The van der Waals surface area contributed by atoms with Crippen LogP contribution >= 0.6 is 0 Å². The van der Waals surface area contributed by atoms with Crippen molar-refractivity contribution in [3.05, 3.63) is 90.8 Å². The van der Waals surface area contributed by atoms with E-state index in [0.29, 0.717) is 29.2 Å². The molecule has 173 valence electrons. The van der Waals surface area contributed by atoms with Crippen LogP contribution in [0.25, 0.3) is 0 Å². The minimum atomic E-state index is -3.86. The number of likely N-dealkylation sites (tertiary alicyclic amines) is 1. The van der Waals surface area contributed by atoms with Crippen LogP contribution in [0.4, 0.5) is 11.4 Å². The highest BCUT2D eigenvalue weighted by molar-refractivity contribution is 7.92. The first-order valence-corrected chi connectivity index (χ1v) is 12.7. The second-order valence-electron chi connectivity index (χ2n) is 8.22. The van der Waals surface area contributed by atoms with E-state index in [1.807, 2.05) is 6.07 Å². The van der Waals surface area contributed by atoms with Crippen molar-refractivity contribution in [3.63, 3.8) is 0 Å². The van der Waals surface area contributed by atoms with Gasteiger partial charge in [0, 0.05) is 6.54 Å². The largest absolute Gasteiger partial charge is 0.506 e. The molecule has 6 nitrogen and oxygen atoms in total. The van der Waals surface area contributed by atoms with Crippen molar-refractivity contribution in [2.45, 2.75) is 18.6 Å². The van der Waals surface area contributed by atoms with E-state index in [-0.39, 0.29) is 17.2 Å². The fourth-order valence-corrected chi connectivity index (χ4v) is 5.64. The molecule has 3 aromatic carbocycles. The highest BCUT2D eigenvalue weighted by Crippen LogP contribution is 2.38. The van der Waals surface area contributed by atoms with Gasteiger partial charge in [0.25, 0.3) is 0 Å². The number of nitrogens with zero attached hydrogens (tertiary/aromatic N) is 2. The fourth-order valence-electron chi connectivity index (χ4n) is 4.01. The second-order valence-corrected chi connectivity index (χ2v) is 10.0. The molecule has 4 rings (SSSR count). The van der Waals surface area contributed by atoms with Gasteiger partial charge in [-0.15, -0.1) is 0 Å². The predicted octanol–water partition coefficient (Wildman–Crippen LogP) is 4.72. The van der Waals surface area contributed by atoms with Crippen LogP contribution in [0.15, 0.2) is 72.8 Å². The molecule has 1 saturated heterocycles. The molecule has 0 atom stereocenters. The molecule has 0 aliphatic carbocycles. The van der Waals surface area contributed by atoms with Gasteiger partial charge in [0.1, 0.15) is 18.1 Å². The molecule has 0 aromatic heterocycles. The van der Waals surface area contributed by atoms with Gasteiger partial charge in [-0.2, -0.15) is 0 Å². The lowest BCUT2D eigenvalue weighted by Gasteiger charge is -2.26. The molecule has 0 saturated carbocycles. The molecule has 33 heavy (non-hydrogen) atoms. The molecule has 1 aliphatic heterocycles. The van der Waals surface area contributed by atoms with E-state index in [1.54, 1.807) is 60.7 Å². The van der Waals surface area contributed by atoms with Crippen molar-refractivity contribution in [1.29, 1.82) is 0 Å². The zero-order valence-electron chi connectivity index (χ0n) is 18.6. The number of sulfonamides is 1. The number of ether oxygens (including phenoxy) is 1. The molecule has 0 spiro atoms. The topological polar surface area (TPSA) is 70.1 Å². The Morgan fingerprint density at radius 1 is 0.970 bits per heavy atom. The Bertz CT molecular complexity index is 1160. The Kier molecular flexibility index (Phi) is 7.20. The van der Waals surface area contributed by atoms with E-state index >= 15 is 0 Å². The number of benzene rings is 3. The fraction of sp³-hybridized carbons (Fsp3) is 0.269. The normalized spacial score (nSPS) is 14.3. The van der Waals surface area contributed by atoms with Crippen molar-refractivity contribution < 1.29 is 18.3 Å². The Labute approximate surface area is 196 Å². The van der Waals surface area contributed by atoms with Gasteiger partial charge in [-0.25, -0.2) is 12.7 Å². The molecule has 7 heteroatoms. The molecule has 3 aromatic rings. The minimum Gasteiger partial charge on any atom is -0.506 e. The zero-order valence-corrected chi connectivity index (χ0v) is 19.4. The summed E-state index contributed by atoms with van der Waals surface area (Å²) in [6.07, 6.45) is 2.48. The van der Waals surface area contributed by atoms with Crippen LogP contribution in [-0.4, -0.2) is 44.7 Å². The summed E-state index contributed by atoms with van der Waals surface area (Å²) in [6.45, 7) is 7.58. The first kappa shape index (κ1) is 23.1. The first-order chi connectivity index (χ1) is 15.9. The summed E-state index contributed by atoms with van der Waals surface area (Å²) >= 11 is 0. The standard InChI is InChI=1S/C26H29N2O4S/c1-21-9-14-26(29)25(19-21)28(33(30,31)20-22-7-3-2-4-8-22)23-10-12-24(13-11-23)32-18-17-27-15-5-6-16-27/h2-4,7-14,19,29H,1,5-6,15-18,20H2. The third-order valence-electron chi connectivity index (χ3n) is 5.67. The van der Waals surface area contributed by atoms with Crippen molar-refractivity contribution in [1.82, 2.24) is 4.90 Å². The summed E-state index contributed by atoms with van der Waals surface area (Å²) in [5, 5.41) is 10.5. The highest BCUT2D eigenvalue weighted by Gasteiger charge is 2.27. The van der Waals surface area contributed by atoms with Gasteiger partial charge in [-0.1, -0.05) is 36.4 Å². The van der Waals surface area contributed by atoms with Gasteiger partial charge < -0.3 is 9.84 Å². The molecule has 0 amide bonds. The van der Waals surface area contributed by atoms with Crippen LogP contribution in [0.3, 0.4) is 0 Å². The lowest BCUT2D eigenvalue weighted by atomic mass is 10.2. The lowest BCUT2D eigenvalue weighted by Crippen LogP contribution is -2.28. The number of anilines is 2. The average molecular weight is 466 g/mol. The Morgan fingerprint density at radius 3 is 2.36 bits per heavy atom. The van der Waals surface area contributed by atoms with E-state index in [4.69, 9.17) is 4.74 Å². The number of aromatic hydroxyl groups is 1. The zero-order chi connectivity index (χ0) is 23.3. The summed E-state index contributed by atoms with van der Waals surface area (Å²) in [4.78, 5) is 2.38. The van der Waals surface area contributed by atoms with Crippen molar-refractivity contribution in [2.24, 2.45) is 0 Å². The molecule has 0 bridgehead atoms. The number of phenolic OH excluding ortho intramolecular Hbond substituents is 1. The number of phenols is 1. The molecule has 1 fully saturated rings. The Hall–Kier alpha value is -3.03. The maximum Gasteiger partial charge on any atom is 0.243 e. The van der Waals surface area contributed by atoms with Crippen LogP contribution in [0.2, 0.25) is 0 Å². The van der Waals surface area contributed by atoms with Crippen LogP contribution < -0.4 is 9.04 Å². The molecule has 0 unspecified atom stereocenters. The SMILES string of the molecule is [CH2]c1ccc(O)c(N(c2ccc(OCCN3CCCC3)cc2)S(=O)(=O)Cc2ccccc2)c1. The molecule has 1 N–H and O–H groups in total. The summed E-state index contributed by atoms with van der Waals surface area (Å²) in [5.74, 6) is 0.335. The summed E-state index contributed by atoms with van der Waals surface area (Å²) in [5.41, 5.74) is 1.85. The van der Waals surface area contributed by atoms with Crippen LogP contribution in [-0.2, 0) is 15.8 Å². The monoisotopic (exact) mass is 465 g/mol. The van der Waals surface area contributed by atoms with E-state index in [1.165, 1.54) is 23.2 Å². The van der Waals surface area contributed by atoms with E-state index in [2.05, 4.69) is 11.8 Å². The lowest BCUT2D eigenvalue weighted by molar-refractivity contribution is 0.238. The quantitative estimate of drug-likeness (QED) is 0.495. The van der Waals surface area contributed by atoms with Crippen LogP contribution in [0, 0.1) is 6.92 Å². The third kappa shape index (κ3) is 5.86. The van der Waals surface area contributed by atoms with Gasteiger partial charge in [0.2, 0.25) is 10.0 Å². The molecular weight excluding hydrogens is 436 g/mol. The number of hydrogen-bond donors (Lipinski definition) is 1. The summed E-state index contributed by atoms with van der Waals surface area (Å²) in [6, 6.07) is 20.6. The number of hydrogen-bond acceptors (Lipinski definition) is 5. The van der Waals surface area contributed by atoms with Crippen molar-refractivity contribution in [2.75, 3.05) is 30.5 Å². The smallest absolute Gasteiger partial charge is 0.243 e. The van der Waals surface area contributed by atoms with Crippen LogP contribution in [0.5, 0.6) is 11.5 Å². The van der Waals surface area contributed by atoms with Gasteiger partial charge in [-0.05, 0) is 80.4 Å². The van der Waals surface area contributed by atoms with Gasteiger partial charge in [0.15, 0.2) is 0 Å². The van der Waals surface area contributed by atoms with Crippen molar-refractivity contribution >= 4 is 21.4 Å². The maximum absolute atomic E-state index is 13.5. The molecule has 1 radical (unpaired) electrons. The van der Waals surface area contributed by atoms with Gasteiger partial charge in [-0.3, -0.25) is 4.90 Å². The highest BCUT2D eigenvalue weighted by atomic mass is 32.2. The van der Waals surface area contributed by atoms with E-state index in [9.17, 15) is 13.5 Å². The average Bonchev–Trinajstić information content (AvgIpc) is 3.31. The molecular formula is C26H29N2O4S. The summed E-state index contributed by atoms with van der Waals surface area (Å²) in [7, 11) is -3.86. The van der Waals surface area contributed by atoms with Crippen molar-refractivity contribution in [3.8, 4) is 11.5 Å². The number of rotatable bonds is 9. The minimum absolute atomic E-state index is 0.134. The van der Waals surface area contributed by atoms with Gasteiger partial charge in [0.05, 0.1) is 17.1 Å². The van der Waals surface area contributed by atoms with Gasteiger partial charge >= 0.3 is 0 Å². The van der Waals surface area contributed by atoms with Crippen LogP contribution in [0.1, 0.15) is 24.0 Å². The van der Waals surface area contributed by atoms with E-state index < -0.39 is 10.0 Å². The molecule has 1 heterocycles. The molecule has 1 aliphatic rings. The Morgan fingerprint density at radius 2 is 1.67 bits per heavy atom. The second kappa shape index (κ2) is 10.3. The first-order valence-electron chi connectivity index (χ1n) is 11.1. The third-order valence-corrected chi connectivity index (χ3v) is 7.34.